The predicted octanol–water partition coefficient (Wildman–Crippen LogP) is 4.28. The molecule has 0 unspecified atom stereocenters. The van der Waals surface area contributed by atoms with Crippen molar-refractivity contribution in [2.24, 2.45) is 0 Å². The summed E-state index contributed by atoms with van der Waals surface area (Å²) in [6.07, 6.45) is 0. The van der Waals surface area contributed by atoms with E-state index in [9.17, 15) is 9.18 Å². The summed E-state index contributed by atoms with van der Waals surface area (Å²) in [6.45, 7) is 5.70. The number of nitrogens with zero attached hydrogens (tertiary/aromatic N) is 2. The monoisotopic (exact) mass is 384 g/mol. The molecule has 0 aliphatic heterocycles. The fraction of sp³-hybridized carbons (Fsp3) is 0.250. The summed E-state index contributed by atoms with van der Waals surface area (Å²) in [6, 6.07) is 13.9. The number of nitrogens with one attached hydrogen (secondary N) is 2. The molecule has 2 N–H and O–H groups in total. The Balaban J connectivity index is 1.59. The number of benzene rings is 2. The maximum Gasteiger partial charge on any atom is 0.233 e. The minimum Gasteiger partial charge on any atom is -0.349 e. The van der Waals surface area contributed by atoms with Gasteiger partial charge in [-0.3, -0.25) is 9.89 Å². The Morgan fingerprint density at radius 2 is 1.78 bits per heavy atom. The van der Waals surface area contributed by atoms with E-state index in [-0.39, 0.29) is 23.0 Å². The van der Waals surface area contributed by atoms with Crippen molar-refractivity contribution < 1.29 is 9.18 Å². The van der Waals surface area contributed by atoms with Gasteiger partial charge in [-0.15, -0.1) is 5.10 Å². The zero-order valence-electron chi connectivity index (χ0n) is 15.4. The number of rotatable bonds is 6. The highest BCUT2D eigenvalue weighted by Gasteiger charge is 2.19. The quantitative estimate of drug-likeness (QED) is 0.623. The number of aryl methyl sites for hydroxylation is 1. The molecule has 3 rings (SSSR count). The van der Waals surface area contributed by atoms with E-state index in [4.69, 9.17) is 0 Å². The zero-order valence-corrected chi connectivity index (χ0v) is 16.2. The fourth-order valence-electron chi connectivity index (χ4n) is 2.52. The highest BCUT2D eigenvalue weighted by atomic mass is 32.2. The highest BCUT2D eigenvalue weighted by Crippen LogP contribution is 2.23. The fourth-order valence-corrected chi connectivity index (χ4v) is 3.25. The van der Waals surface area contributed by atoms with Crippen molar-refractivity contribution in [3.8, 4) is 11.4 Å². The molecule has 0 aliphatic rings. The molecule has 27 heavy (non-hydrogen) atoms. The third kappa shape index (κ3) is 4.95. The number of thioether (sulfide) groups is 1. The number of carbonyl (C=O) groups excluding carboxylic acids is 1. The minimum atomic E-state index is -0.366. The average molecular weight is 384 g/mol. The molecule has 1 heterocycles. The van der Waals surface area contributed by atoms with Crippen LogP contribution in [0.25, 0.3) is 11.4 Å². The maximum absolute atomic E-state index is 13.0. The van der Waals surface area contributed by atoms with Crippen LogP contribution in [0.5, 0.6) is 0 Å². The Morgan fingerprint density at radius 3 is 2.44 bits per heavy atom. The number of hydrogen-bond donors (Lipinski definition) is 2. The molecule has 5 nitrogen and oxygen atoms in total. The van der Waals surface area contributed by atoms with Crippen LogP contribution in [0, 0.1) is 12.7 Å². The van der Waals surface area contributed by atoms with Gasteiger partial charge >= 0.3 is 0 Å². The molecular weight excluding hydrogens is 363 g/mol. The number of H-pyrrole nitrogens is 1. The number of halogens is 1. The van der Waals surface area contributed by atoms with Crippen LogP contribution in [0.3, 0.4) is 0 Å². The molecule has 0 bridgehead atoms. The normalized spacial score (nSPS) is 13.2. The predicted molar refractivity (Wildman–Crippen MR) is 105 cm³/mol. The lowest BCUT2D eigenvalue weighted by atomic mass is 10.1. The summed E-state index contributed by atoms with van der Waals surface area (Å²) in [7, 11) is 0. The van der Waals surface area contributed by atoms with Crippen LogP contribution in [0.1, 0.15) is 31.0 Å². The van der Waals surface area contributed by atoms with Gasteiger partial charge in [-0.2, -0.15) is 0 Å². The Kier molecular flexibility index (Phi) is 5.91. The molecule has 7 heteroatoms. The smallest absolute Gasteiger partial charge is 0.233 e. The zero-order chi connectivity index (χ0) is 19.4. The molecule has 140 valence electrons. The lowest BCUT2D eigenvalue weighted by Gasteiger charge is -2.17. The van der Waals surface area contributed by atoms with Crippen molar-refractivity contribution >= 4 is 17.7 Å². The minimum absolute atomic E-state index is 0.126. The van der Waals surface area contributed by atoms with E-state index in [0.29, 0.717) is 11.0 Å². The largest absolute Gasteiger partial charge is 0.349 e. The van der Waals surface area contributed by atoms with Gasteiger partial charge in [0.25, 0.3) is 0 Å². The molecule has 2 atom stereocenters. The Labute approximate surface area is 161 Å². The van der Waals surface area contributed by atoms with Gasteiger partial charge in [-0.25, -0.2) is 9.37 Å². The van der Waals surface area contributed by atoms with Gasteiger partial charge in [0.05, 0.1) is 11.3 Å². The molecule has 1 amide bonds. The van der Waals surface area contributed by atoms with E-state index in [0.717, 1.165) is 11.1 Å². The summed E-state index contributed by atoms with van der Waals surface area (Å²) in [5, 5.41) is 10.2. The second-order valence-electron chi connectivity index (χ2n) is 6.37. The summed E-state index contributed by atoms with van der Waals surface area (Å²) in [4.78, 5) is 16.9. The number of aromatic nitrogens is 3. The molecule has 0 spiro atoms. The van der Waals surface area contributed by atoms with Crippen molar-refractivity contribution in [3.05, 3.63) is 65.5 Å². The summed E-state index contributed by atoms with van der Waals surface area (Å²) in [5.41, 5.74) is 2.97. The van der Waals surface area contributed by atoms with Crippen LogP contribution in [0.2, 0.25) is 0 Å². The van der Waals surface area contributed by atoms with Crippen molar-refractivity contribution in [1.29, 1.82) is 0 Å². The molecule has 0 radical (unpaired) electrons. The van der Waals surface area contributed by atoms with E-state index in [1.165, 1.54) is 29.5 Å². The third-order valence-corrected chi connectivity index (χ3v) is 5.13. The Morgan fingerprint density at radius 1 is 1.11 bits per heavy atom. The summed E-state index contributed by atoms with van der Waals surface area (Å²) >= 11 is 1.28. The second-order valence-corrected chi connectivity index (χ2v) is 7.68. The second kappa shape index (κ2) is 8.35. The van der Waals surface area contributed by atoms with Crippen LogP contribution in [0.4, 0.5) is 4.39 Å². The van der Waals surface area contributed by atoms with Gasteiger partial charge in [0.1, 0.15) is 5.82 Å². The molecule has 0 saturated heterocycles. The van der Waals surface area contributed by atoms with E-state index < -0.39 is 0 Å². The lowest BCUT2D eigenvalue weighted by molar-refractivity contribution is -0.120. The molecule has 1 aromatic heterocycles. The van der Waals surface area contributed by atoms with Gasteiger partial charge in [-0.1, -0.05) is 53.7 Å². The topological polar surface area (TPSA) is 70.7 Å². The Bertz CT molecular complexity index is 908. The SMILES string of the molecule is Cc1ccc(-c2nc(S[C@@H](C)C(=O)N[C@@H](C)c3ccc(F)cc3)n[nH]2)cc1. The van der Waals surface area contributed by atoms with Crippen molar-refractivity contribution in [1.82, 2.24) is 20.5 Å². The van der Waals surface area contributed by atoms with E-state index in [1.807, 2.05) is 38.1 Å². The number of hydrogen-bond acceptors (Lipinski definition) is 4. The first kappa shape index (κ1) is 19.1. The van der Waals surface area contributed by atoms with Crippen molar-refractivity contribution in [2.45, 2.75) is 37.2 Å². The molecule has 0 fully saturated rings. The maximum atomic E-state index is 13.0. The van der Waals surface area contributed by atoms with Gasteiger partial charge in [0.2, 0.25) is 11.1 Å². The van der Waals surface area contributed by atoms with Crippen LogP contribution >= 0.6 is 11.8 Å². The molecule has 0 saturated carbocycles. The first-order valence-corrected chi connectivity index (χ1v) is 9.52. The van der Waals surface area contributed by atoms with Gasteiger partial charge in [0.15, 0.2) is 5.82 Å². The molecule has 2 aromatic carbocycles. The van der Waals surface area contributed by atoms with Crippen LogP contribution < -0.4 is 5.32 Å². The van der Waals surface area contributed by atoms with E-state index in [2.05, 4.69) is 20.5 Å². The standard InChI is InChI=1S/C20H21FN4OS/c1-12-4-6-16(7-5-12)18-23-20(25-24-18)27-14(3)19(26)22-13(2)15-8-10-17(21)11-9-15/h4-11,13-14H,1-3H3,(H,22,26)(H,23,24,25)/t13-,14-/m0/s1. The molecular formula is C20H21FN4OS. The van der Waals surface area contributed by atoms with Gasteiger partial charge in [0, 0.05) is 5.56 Å². The van der Waals surface area contributed by atoms with Crippen LogP contribution in [0.15, 0.2) is 53.7 Å². The van der Waals surface area contributed by atoms with Gasteiger partial charge in [-0.05, 0) is 38.5 Å². The van der Waals surface area contributed by atoms with Gasteiger partial charge < -0.3 is 5.32 Å². The Hall–Kier alpha value is -2.67. The lowest BCUT2D eigenvalue weighted by Crippen LogP contribution is -2.33. The van der Waals surface area contributed by atoms with E-state index >= 15 is 0 Å². The van der Waals surface area contributed by atoms with Crippen LogP contribution in [-0.4, -0.2) is 26.3 Å². The summed E-state index contributed by atoms with van der Waals surface area (Å²) < 4.78 is 13.0. The average Bonchev–Trinajstić information content (AvgIpc) is 3.11. The van der Waals surface area contributed by atoms with Crippen molar-refractivity contribution in [2.75, 3.05) is 0 Å². The first-order valence-electron chi connectivity index (χ1n) is 8.64. The highest BCUT2D eigenvalue weighted by molar-refractivity contribution is 8.00. The van der Waals surface area contributed by atoms with E-state index in [1.54, 1.807) is 19.1 Å². The number of amides is 1. The first-order chi connectivity index (χ1) is 12.9. The van der Waals surface area contributed by atoms with Crippen LogP contribution in [-0.2, 0) is 4.79 Å². The number of carbonyl (C=O) groups is 1. The molecule has 3 aromatic rings. The van der Waals surface area contributed by atoms with Crippen molar-refractivity contribution in [3.63, 3.8) is 0 Å². The molecule has 0 aliphatic carbocycles. The number of aromatic amines is 1. The third-order valence-electron chi connectivity index (χ3n) is 4.17. The summed E-state index contributed by atoms with van der Waals surface area (Å²) in [5.74, 6) is 0.249.